The first-order valence-corrected chi connectivity index (χ1v) is 8.59. The van der Waals surface area contributed by atoms with Crippen molar-refractivity contribution in [3.8, 4) is 17.1 Å². The Kier molecular flexibility index (Phi) is 6.11. The summed E-state index contributed by atoms with van der Waals surface area (Å²) in [6.07, 6.45) is -2.37. The van der Waals surface area contributed by atoms with Gasteiger partial charge in [-0.3, -0.25) is 24.6 Å². The third-order valence-corrected chi connectivity index (χ3v) is 3.98. The topological polar surface area (TPSA) is 112 Å². The van der Waals surface area contributed by atoms with Crippen LogP contribution in [0.5, 0.6) is 5.75 Å². The molecule has 3 N–H and O–H groups in total. The SMILES string of the molecule is NNC(=O)c1ccc(Cn2c(-c3ccccc3)ncc(OCC(F)(F)F)c2=O)nc1. The zero-order chi connectivity index (χ0) is 21.7. The summed E-state index contributed by atoms with van der Waals surface area (Å²) in [5.41, 5.74) is 2.34. The molecule has 2 heterocycles. The fourth-order valence-electron chi connectivity index (χ4n) is 2.59. The van der Waals surface area contributed by atoms with Crippen molar-refractivity contribution in [1.82, 2.24) is 20.0 Å². The number of nitrogens with zero attached hydrogens (tertiary/aromatic N) is 3. The molecule has 3 rings (SSSR count). The first-order valence-electron chi connectivity index (χ1n) is 8.59. The number of carbonyl (C=O) groups is 1. The fraction of sp³-hybridized carbons (Fsp3) is 0.158. The van der Waals surface area contributed by atoms with E-state index in [0.717, 1.165) is 10.8 Å². The molecular formula is C19H16F3N5O3. The van der Waals surface area contributed by atoms with E-state index >= 15 is 0 Å². The lowest BCUT2D eigenvalue weighted by molar-refractivity contribution is -0.153. The average Bonchev–Trinajstić information content (AvgIpc) is 2.74. The number of rotatable bonds is 6. The summed E-state index contributed by atoms with van der Waals surface area (Å²) in [5, 5.41) is 0. The number of nitrogens with one attached hydrogen (secondary N) is 1. The molecule has 0 fully saturated rings. The van der Waals surface area contributed by atoms with Crippen LogP contribution in [-0.4, -0.2) is 33.2 Å². The van der Waals surface area contributed by atoms with Gasteiger partial charge in [0.1, 0.15) is 5.82 Å². The molecule has 0 aliphatic carbocycles. The molecule has 156 valence electrons. The third kappa shape index (κ3) is 5.00. The summed E-state index contributed by atoms with van der Waals surface area (Å²) < 4.78 is 43.3. The van der Waals surface area contributed by atoms with Crippen molar-refractivity contribution in [2.24, 2.45) is 5.84 Å². The van der Waals surface area contributed by atoms with Crippen molar-refractivity contribution in [2.75, 3.05) is 6.61 Å². The van der Waals surface area contributed by atoms with Gasteiger partial charge in [0.25, 0.3) is 11.5 Å². The molecular weight excluding hydrogens is 403 g/mol. The molecule has 8 nitrogen and oxygen atoms in total. The Morgan fingerprint density at radius 1 is 1.10 bits per heavy atom. The number of hydrogen-bond acceptors (Lipinski definition) is 6. The molecule has 0 radical (unpaired) electrons. The number of pyridine rings is 1. The van der Waals surface area contributed by atoms with Crippen LogP contribution in [0.3, 0.4) is 0 Å². The number of nitrogen functional groups attached to an aromatic ring is 1. The van der Waals surface area contributed by atoms with Crippen molar-refractivity contribution < 1.29 is 22.7 Å². The lowest BCUT2D eigenvalue weighted by atomic mass is 10.2. The molecule has 0 bridgehead atoms. The number of hydrogen-bond donors (Lipinski definition) is 2. The number of amides is 1. The zero-order valence-corrected chi connectivity index (χ0v) is 15.4. The summed E-state index contributed by atoms with van der Waals surface area (Å²) in [7, 11) is 0. The Hall–Kier alpha value is -3.73. The molecule has 0 aliphatic rings. The lowest BCUT2D eigenvalue weighted by Crippen LogP contribution is -2.30. The van der Waals surface area contributed by atoms with E-state index in [-0.39, 0.29) is 17.9 Å². The molecule has 1 aromatic carbocycles. The maximum Gasteiger partial charge on any atom is 0.422 e. The number of ether oxygens (including phenoxy) is 1. The number of carbonyl (C=O) groups excluding carboxylic acids is 1. The van der Waals surface area contributed by atoms with Gasteiger partial charge in [0.15, 0.2) is 6.61 Å². The minimum atomic E-state index is -4.60. The molecule has 11 heteroatoms. The van der Waals surface area contributed by atoms with E-state index in [4.69, 9.17) is 5.84 Å². The van der Waals surface area contributed by atoms with Gasteiger partial charge in [-0.05, 0) is 12.1 Å². The van der Waals surface area contributed by atoms with Gasteiger partial charge in [-0.2, -0.15) is 13.2 Å². The summed E-state index contributed by atoms with van der Waals surface area (Å²) in [4.78, 5) is 32.6. The minimum absolute atomic E-state index is 0.107. The Bertz CT molecular complexity index is 1080. The van der Waals surface area contributed by atoms with Crippen LogP contribution >= 0.6 is 0 Å². The van der Waals surface area contributed by atoms with Crippen LogP contribution in [0.25, 0.3) is 11.4 Å². The maximum atomic E-state index is 12.8. The van der Waals surface area contributed by atoms with Crippen LogP contribution in [0.2, 0.25) is 0 Å². The predicted octanol–water partition coefficient (Wildman–Crippen LogP) is 1.90. The van der Waals surface area contributed by atoms with Crippen LogP contribution in [-0.2, 0) is 6.54 Å². The van der Waals surface area contributed by atoms with Gasteiger partial charge in [-0.1, -0.05) is 30.3 Å². The predicted molar refractivity (Wildman–Crippen MR) is 100 cm³/mol. The second-order valence-electron chi connectivity index (χ2n) is 6.12. The summed E-state index contributed by atoms with van der Waals surface area (Å²) >= 11 is 0. The standard InChI is InChI=1S/C19H16F3N5O3/c20-19(21,22)11-30-15-9-25-16(12-4-2-1-3-5-12)27(18(15)29)10-14-7-6-13(8-24-14)17(28)26-23/h1-9H,10-11,23H2,(H,26,28). The molecule has 1 amide bonds. The second-order valence-corrected chi connectivity index (χ2v) is 6.12. The van der Waals surface area contributed by atoms with Gasteiger partial charge < -0.3 is 4.74 Å². The van der Waals surface area contributed by atoms with E-state index < -0.39 is 30.0 Å². The van der Waals surface area contributed by atoms with Crippen LogP contribution in [0.1, 0.15) is 16.1 Å². The molecule has 0 spiro atoms. The summed E-state index contributed by atoms with van der Waals surface area (Å²) in [6, 6.07) is 11.6. The number of aromatic nitrogens is 3. The largest absolute Gasteiger partial charge is 0.477 e. The molecule has 2 aromatic heterocycles. The highest BCUT2D eigenvalue weighted by Crippen LogP contribution is 2.20. The second kappa shape index (κ2) is 8.74. The highest BCUT2D eigenvalue weighted by atomic mass is 19.4. The van der Waals surface area contributed by atoms with E-state index in [2.05, 4.69) is 14.7 Å². The van der Waals surface area contributed by atoms with Crippen LogP contribution in [0, 0.1) is 0 Å². The Balaban J connectivity index is 2.00. The van der Waals surface area contributed by atoms with Gasteiger partial charge in [-0.15, -0.1) is 0 Å². The monoisotopic (exact) mass is 419 g/mol. The molecule has 0 saturated heterocycles. The highest BCUT2D eigenvalue weighted by Gasteiger charge is 2.29. The van der Waals surface area contributed by atoms with Crippen LogP contribution in [0.4, 0.5) is 13.2 Å². The Morgan fingerprint density at radius 3 is 2.43 bits per heavy atom. The third-order valence-electron chi connectivity index (χ3n) is 3.98. The van der Waals surface area contributed by atoms with Gasteiger partial charge in [0.2, 0.25) is 5.75 Å². The van der Waals surface area contributed by atoms with E-state index in [1.807, 2.05) is 5.43 Å². The van der Waals surface area contributed by atoms with Gasteiger partial charge in [0.05, 0.1) is 24.0 Å². The number of hydrazine groups is 1. The number of nitrogens with two attached hydrogens (primary N) is 1. The Morgan fingerprint density at radius 2 is 1.83 bits per heavy atom. The van der Waals surface area contributed by atoms with Gasteiger partial charge in [-0.25, -0.2) is 10.8 Å². The van der Waals surface area contributed by atoms with Crippen LogP contribution in [0.15, 0.2) is 59.7 Å². The average molecular weight is 419 g/mol. The molecule has 0 unspecified atom stereocenters. The maximum absolute atomic E-state index is 12.8. The van der Waals surface area contributed by atoms with Crippen molar-refractivity contribution in [3.05, 3.63) is 76.5 Å². The number of halogens is 3. The first-order chi connectivity index (χ1) is 14.3. The molecule has 0 atom stereocenters. The zero-order valence-electron chi connectivity index (χ0n) is 15.4. The molecule has 30 heavy (non-hydrogen) atoms. The highest BCUT2D eigenvalue weighted by molar-refractivity contribution is 5.93. The lowest BCUT2D eigenvalue weighted by Gasteiger charge is -2.15. The molecule has 0 saturated carbocycles. The van der Waals surface area contributed by atoms with Crippen molar-refractivity contribution >= 4 is 5.91 Å². The molecule has 0 aliphatic heterocycles. The minimum Gasteiger partial charge on any atom is -0.477 e. The number of benzene rings is 1. The quantitative estimate of drug-likeness (QED) is 0.359. The van der Waals surface area contributed by atoms with Crippen molar-refractivity contribution in [3.63, 3.8) is 0 Å². The molecule has 3 aromatic rings. The van der Waals surface area contributed by atoms with E-state index in [0.29, 0.717) is 11.3 Å². The normalized spacial score (nSPS) is 11.2. The Labute approximate surface area is 168 Å². The van der Waals surface area contributed by atoms with E-state index in [1.165, 1.54) is 18.3 Å². The van der Waals surface area contributed by atoms with E-state index in [1.54, 1.807) is 30.3 Å². The van der Waals surface area contributed by atoms with Gasteiger partial charge >= 0.3 is 6.18 Å². The van der Waals surface area contributed by atoms with Crippen molar-refractivity contribution in [2.45, 2.75) is 12.7 Å². The fourth-order valence-corrected chi connectivity index (χ4v) is 2.59. The van der Waals surface area contributed by atoms with E-state index in [9.17, 15) is 22.8 Å². The first kappa shape index (κ1) is 21.0. The van der Waals surface area contributed by atoms with Gasteiger partial charge in [0, 0.05) is 11.8 Å². The van der Waals surface area contributed by atoms with Crippen molar-refractivity contribution in [1.29, 1.82) is 0 Å². The summed E-state index contributed by atoms with van der Waals surface area (Å²) in [6.45, 7) is -1.72. The smallest absolute Gasteiger partial charge is 0.422 e. The number of alkyl halides is 3. The summed E-state index contributed by atoms with van der Waals surface area (Å²) in [5.74, 6) is 4.22. The van der Waals surface area contributed by atoms with Crippen LogP contribution < -0.4 is 21.6 Å².